The van der Waals surface area contributed by atoms with Crippen molar-refractivity contribution in [3.63, 3.8) is 0 Å². The van der Waals surface area contributed by atoms with E-state index in [1.807, 2.05) is 30.3 Å². The van der Waals surface area contributed by atoms with Crippen LogP contribution in [0.5, 0.6) is 11.5 Å². The Balaban J connectivity index is 1.23. The molecular formula is C33H38FN3O3. The molecule has 40 heavy (non-hydrogen) atoms. The molecule has 1 heterocycles. The maximum Gasteiger partial charge on any atom is 0.251 e. The zero-order valence-corrected chi connectivity index (χ0v) is 23.2. The number of amides is 1. The van der Waals surface area contributed by atoms with Gasteiger partial charge in [0.2, 0.25) is 0 Å². The Hall–Kier alpha value is -4.13. The van der Waals surface area contributed by atoms with E-state index in [1.165, 1.54) is 24.3 Å². The number of benzene rings is 3. The number of rotatable bonds is 16. The molecule has 6 nitrogen and oxygen atoms in total. The molecule has 0 aliphatic rings. The third-order valence-corrected chi connectivity index (χ3v) is 6.84. The summed E-state index contributed by atoms with van der Waals surface area (Å²) < 4.78 is 26.9. The predicted octanol–water partition coefficient (Wildman–Crippen LogP) is 6.91. The highest BCUT2D eigenvalue weighted by Crippen LogP contribution is 2.28. The second-order valence-corrected chi connectivity index (χ2v) is 9.78. The van der Waals surface area contributed by atoms with Crippen molar-refractivity contribution < 1.29 is 18.7 Å². The molecule has 4 rings (SSSR count). The summed E-state index contributed by atoms with van der Waals surface area (Å²) >= 11 is 0. The van der Waals surface area contributed by atoms with Crippen molar-refractivity contribution in [2.45, 2.75) is 51.5 Å². The van der Waals surface area contributed by atoms with Gasteiger partial charge < -0.3 is 19.4 Å². The van der Waals surface area contributed by atoms with Gasteiger partial charge in [0.1, 0.15) is 11.6 Å². The van der Waals surface area contributed by atoms with Crippen LogP contribution in [-0.4, -0.2) is 35.7 Å². The third-order valence-electron chi connectivity index (χ3n) is 6.84. The number of ether oxygens (including phenoxy) is 2. The first-order chi connectivity index (χ1) is 19.6. The quantitative estimate of drug-likeness (QED) is 0.123. The molecule has 210 valence electrons. The van der Waals surface area contributed by atoms with Crippen LogP contribution in [-0.2, 0) is 19.4 Å². The Bertz CT molecular complexity index is 1400. The normalized spacial score (nSPS) is 10.9. The number of carbonyl (C=O) groups is 1. The molecule has 0 unspecified atom stereocenters. The summed E-state index contributed by atoms with van der Waals surface area (Å²) in [5, 5.41) is 2.91. The highest BCUT2D eigenvalue weighted by Gasteiger charge is 2.11. The summed E-state index contributed by atoms with van der Waals surface area (Å²) in [6, 6.07) is 19.9. The number of nitrogens with one attached hydrogen (secondary N) is 1. The minimum Gasteiger partial charge on any atom is -0.493 e. The smallest absolute Gasteiger partial charge is 0.251 e. The molecule has 0 bridgehead atoms. The zero-order chi connectivity index (χ0) is 28.2. The second-order valence-electron chi connectivity index (χ2n) is 9.78. The number of aromatic nitrogens is 2. The second kappa shape index (κ2) is 14.9. The number of aryl methyl sites for hydroxylation is 2. The van der Waals surface area contributed by atoms with Crippen molar-refractivity contribution in [3.8, 4) is 11.5 Å². The summed E-state index contributed by atoms with van der Waals surface area (Å²) in [6.07, 6.45) is 8.28. The summed E-state index contributed by atoms with van der Waals surface area (Å²) in [5.74, 6) is 2.09. The number of imidazole rings is 1. The lowest BCUT2D eigenvalue weighted by Crippen LogP contribution is -2.24. The van der Waals surface area contributed by atoms with Gasteiger partial charge in [-0.2, -0.15) is 0 Å². The van der Waals surface area contributed by atoms with Crippen LogP contribution in [0.1, 0.15) is 53.8 Å². The van der Waals surface area contributed by atoms with E-state index in [2.05, 4.69) is 34.7 Å². The number of nitrogens with zero attached hydrogens (tertiary/aromatic N) is 2. The number of carbonyl (C=O) groups excluding carboxylic acids is 1. The molecule has 0 atom stereocenters. The molecular weight excluding hydrogens is 505 g/mol. The fourth-order valence-electron chi connectivity index (χ4n) is 4.73. The van der Waals surface area contributed by atoms with Crippen LogP contribution >= 0.6 is 0 Å². The lowest BCUT2D eigenvalue weighted by Gasteiger charge is -2.13. The Labute approximate surface area is 235 Å². The standard InChI is InChI=1S/C33H38FN3O3/c1-3-11-25-15-20-30(31(24-25)39-2)40-23-10-9-22-37-29-13-7-6-12-28(29)36-32(37)14-5-4-8-21-35-33(38)26-16-18-27(34)19-17-26/h3,6-7,12-13,15-20,24H,1,4-5,8-11,14,21-23H2,2H3,(H,35,38). The summed E-state index contributed by atoms with van der Waals surface area (Å²) in [4.78, 5) is 17.1. The minimum absolute atomic E-state index is 0.172. The first kappa shape index (κ1) is 28.9. The van der Waals surface area contributed by atoms with Gasteiger partial charge in [-0.3, -0.25) is 4.79 Å². The maximum absolute atomic E-state index is 13.1. The number of halogens is 1. The molecule has 0 saturated carbocycles. The van der Waals surface area contributed by atoms with Gasteiger partial charge in [-0.1, -0.05) is 30.7 Å². The van der Waals surface area contributed by atoms with Gasteiger partial charge in [0.05, 0.1) is 24.8 Å². The number of methoxy groups -OCH3 is 1. The highest BCUT2D eigenvalue weighted by atomic mass is 19.1. The van der Waals surface area contributed by atoms with Gasteiger partial charge in [-0.05, 0) is 86.2 Å². The fraction of sp³-hybridized carbons (Fsp3) is 0.333. The monoisotopic (exact) mass is 543 g/mol. The average molecular weight is 544 g/mol. The zero-order valence-electron chi connectivity index (χ0n) is 23.2. The van der Waals surface area contributed by atoms with Crippen molar-refractivity contribution in [3.05, 3.63) is 102 Å². The number of hydrogen-bond acceptors (Lipinski definition) is 4. The van der Waals surface area contributed by atoms with Crippen molar-refractivity contribution in [1.82, 2.24) is 14.9 Å². The first-order valence-electron chi connectivity index (χ1n) is 14.0. The Morgan fingerprint density at radius 1 is 1.00 bits per heavy atom. The number of para-hydroxylation sites is 2. The molecule has 7 heteroatoms. The largest absolute Gasteiger partial charge is 0.493 e. The van der Waals surface area contributed by atoms with E-state index in [4.69, 9.17) is 14.5 Å². The molecule has 0 aliphatic carbocycles. The lowest BCUT2D eigenvalue weighted by molar-refractivity contribution is 0.0953. The van der Waals surface area contributed by atoms with Gasteiger partial charge in [0.15, 0.2) is 11.5 Å². The number of allylic oxidation sites excluding steroid dienone is 1. The first-order valence-corrected chi connectivity index (χ1v) is 14.0. The van der Waals surface area contributed by atoms with Gasteiger partial charge in [-0.15, -0.1) is 6.58 Å². The molecule has 0 saturated heterocycles. The van der Waals surface area contributed by atoms with E-state index in [9.17, 15) is 9.18 Å². The van der Waals surface area contributed by atoms with Crippen molar-refractivity contribution >= 4 is 16.9 Å². The third kappa shape index (κ3) is 7.94. The van der Waals surface area contributed by atoms with Crippen LogP contribution in [0.3, 0.4) is 0 Å². The molecule has 0 radical (unpaired) electrons. The molecule has 1 N–H and O–H groups in total. The van der Waals surface area contributed by atoms with E-state index in [0.29, 0.717) is 18.7 Å². The predicted molar refractivity (Wildman–Crippen MR) is 158 cm³/mol. The van der Waals surface area contributed by atoms with Crippen LogP contribution in [0.25, 0.3) is 11.0 Å². The van der Waals surface area contributed by atoms with Crippen LogP contribution in [0, 0.1) is 5.82 Å². The van der Waals surface area contributed by atoms with Crippen LogP contribution in [0.4, 0.5) is 4.39 Å². The molecule has 0 aliphatic heterocycles. The Kier molecular flexibility index (Phi) is 10.7. The SMILES string of the molecule is C=CCc1ccc(OCCCCn2c(CCCCCNC(=O)c3ccc(F)cc3)nc3ccccc32)c(OC)c1. The molecule has 0 spiro atoms. The topological polar surface area (TPSA) is 65.4 Å². The van der Waals surface area contributed by atoms with Gasteiger partial charge in [0.25, 0.3) is 5.91 Å². The Morgan fingerprint density at radius 3 is 2.62 bits per heavy atom. The highest BCUT2D eigenvalue weighted by molar-refractivity contribution is 5.94. The van der Waals surface area contributed by atoms with Gasteiger partial charge >= 0.3 is 0 Å². The van der Waals surface area contributed by atoms with E-state index in [-0.39, 0.29) is 11.7 Å². The van der Waals surface area contributed by atoms with Crippen molar-refractivity contribution in [2.75, 3.05) is 20.3 Å². The summed E-state index contributed by atoms with van der Waals surface area (Å²) in [6.45, 7) is 5.88. The average Bonchev–Trinajstić information content (AvgIpc) is 3.32. The van der Waals surface area contributed by atoms with E-state index in [1.54, 1.807) is 7.11 Å². The van der Waals surface area contributed by atoms with Crippen molar-refractivity contribution in [1.29, 1.82) is 0 Å². The molecule has 1 amide bonds. The van der Waals surface area contributed by atoms with Crippen LogP contribution in [0.15, 0.2) is 79.4 Å². The molecule has 1 aromatic heterocycles. The van der Waals surface area contributed by atoms with Gasteiger partial charge in [-0.25, -0.2) is 9.37 Å². The minimum atomic E-state index is -0.345. The fourth-order valence-corrected chi connectivity index (χ4v) is 4.73. The van der Waals surface area contributed by atoms with Crippen LogP contribution in [0.2, 0.25) is 0 Å². The van der Waals surface area contributed by atoms with E-state index >= 15 is 0 Å². The number of fused-ring (bicyclic) bond motifs is 1. The molecule has 3 aromatic carbocycles. The van der Waals surface area contributed by atoms with Crippen LogP contribution < -0.4 is 14.8 Å². The summed E-state index contributed by atoms with van der Waals surface area (Å²) in [7, 11) is 1.66. The van der Waals surface area contributed by atoms with E-state index in [0.717, 1.165) is 85.4 Å². The summed E-state index contributed by atoms with van der Waals surface area (Å²) in [5.41, 5.74) is 3.80. The molecule has 4 aromatic rings. The number of unbranched alkanes of at least 4 members (excludes halogenated alkanes) is 3. The lowest BCUT2D eigenvalue weighted by atomic mass is 10.1. The van der Waals surface area contributed by atoms with Gasteiger partial charge in [0, 0.05) is 25.1 Å². The van der Waals surface area contributed by atoms with E-state index < -0.39 is 0 Å². The maximum atomic E-state index is 13.1. The Morgan fingerprint density at radius 2 is 1.82 bits per heavy atom. The molecule has 0 fully saturated rings. The number of hydrogen-bond donors (Lipinski definition) is 1. The van der Waals surface area contributed by atoms with Crippen molar-refractivity contribution in [2.24, 2.45) is 0 Å².